The van der Waals surface area contributed by atoms with Crippen LogP contribution in [0.2, 0.25) is 0 Å². The molecular weight excluding hydrogens is 188 g/mol. The minimum absolute atomic E-state index is 0.586. The number of hydrogen-bond donors (Lipinski definition) is 1. The van der Waals surface area contributed by atoms with Crippen molar-refractivity contribution < 1.29 is 4.74 Å². The molecule has 0 aromatic rings. The summed E-state index contributed by atoms with van der Waals surface area (Å²) in [4.78, 5) is 2.45. The zero-order valence-electron chi connectivity index (χ0n) is 11.0. The van der Waals surface area contributed by atoms with Crippen molar-refractivity contribution in [3.63, 3.8) is 0 Å². The molecule has 0 aromatic carbocycles. The fourth-order valence-corrected chi connectivity index (χ4v) is 1.69. The summed E-state index contributed by atoms with van der Waals surface area (Å²) in [7, 11) is 3.95. The zero-order chi connectivity index (χ0) is 11.7. The van der Waals surface area contributed by atoms with E-state index in [1.54, 1.807) is 7.11 Å². The van der Waals surface area contributed by atoms with Crippen molar-refractivity contribution in [3.8, 4) is 0 Å². The van der Waals surface area contributed by atoms with E-state index < -0.39 is 0 Å². The van der Waals surface area contributed by atoms with Crippen molar-refractivity contribution in [1.82, 2.24) is 10.2 Å². The third-order valence-corrected chi connectivity index (χ3v) is 3.02. The Labute approximate surface area is 95.2 Å². The van der Waals surface area contributed by atoms with Crippen LogP contribution in [0.5, 0.6) is 0 Å². The first-order valence-corrected chi connectivity index (χ1v) is 6.05. The van der Waals surface area contributed by atoms with E-state index in [0.29, 0.717) is 12.1 Å². The summed E-state index contributed by atoms with van der Waals surface area (Å²) >= 11 is 0. The Morgan fingerprint density at radius 2 is 1.93 bits per heavy atom. The van der Waals surface area contributed by atoms with E-state index in [4.69, 9.17) is 4.74 Å². The van der Waals surface area contributed by atoms with Gasteiger partial charge in [-0.05, 0) is 27.3 Å². The monoisotopic (exact) mass is 216 g/mol. The lowest BCUT2D eigenvalue weighted by Crippen LogP contribution is -2.43. The van der Waals surface area contributed by atoms with Gasteiger partial charge in [0.15, 0.2) is 0 Å². The molecule has 0 spiro atoms. The summed E-state index contributed by atoms with van der Waals surface area (Å²) in [6.07, 6.45) is 2.54. The second-order valence-electron chi connectivity index (χ2n) is 4.35. The van der Waals surface area contributed by atoms with Crippen LogP contribution >= 0.6 is 0 Å². The van der Waals surface area contributed by atoms with Crippen molar-refractivity contribution in [2.75, 3.05) is 33.9 Å². The molecule has 3 heteroatoms. The highest BCUT2D eigenvalue weighted by Gasteiger charge is 2.14. The highest BCUT2D eigenvalue weighted by atomic mass is 16.5. The topological polar surface area (TPSA) is 24.5 Å². The van der Waals surface area contributed by atoms with Gasteiger partial charge < -0.3 is 10.1 Å². The van der Waals surface area contributed by atoms with Gasteiger partial charge in [-0.3, -0.25) is 4.90 Å². The average Bonchev–Trinajstić information content (AvgIpc) is 2.23. The van der Waals surface area contributed by atoms with E-state index in [0.717, 1.165) is 19.7 Å². The maximum Gasteiger partial charge on any atom is 0.0587 e. The number of nitrogens with one attached hydrogen (secondary N) is 1. The molecule has 0 aliphatic heterocycles. The van der Waals surface area contributed by atoms with E-state index in [-0.39, 0.29) is 0 Å². The standard InChI is InChI=1S/C12H28N2O/c1-6-7-11(2)14(4)12(3)10-13-8-9-15-5/h11-13H,6-10H2,1-5H3. The molecule has 15 heavy (non-hydrogen) atoms. The van der Waals surface area contributed by atoms with Crippen LogP contribution in [0, 0.1) is 0 Å². The Kier molecular flexibility index (Phi) is 9.06. The van der Waals surface area contributed by atoms with Crippen LogP contribution in [0.25, 0.3) is 0 Å². The molecule has 0 aliphatic carbocycles. The van der Waals surface area contributed by atoms with Gasteiger partial charge in [0, 0.05) is 32.3 Å². The van der Waals surface area contributed by atoms with Crippen LogP contribution in [0.15, 0.2) is 0 Å². The van der Waals surface area contributed by atoms with Gasteiger partial charge in [-0.2, -0.15) is 0 Å². The Morgan fingerprint density at radius 1 is 1.27 bits per heavy atom. The molecule has 0 aliphatic rings. The normalized spacial score (nSPS) is 15.6. The molecule has 3 nitrogen and oxygen atoms in total. The van der Waals surface area contributed by atoms with Gasteiger partial charge >= 0.3 is 0 Å². The summed E-state index contributed by atoms with van der Waals surface area (Å²) in [5.41, 5.74) is 0. The van der Waals surface area contributed by atoms with E-state index >= 15 is 0 Å². The van der Waals surface area contributed by atoms with E-state index in [1.807, 2.05) is 0 Å². The van der Waals surface area contributed by atoms with Gasteiger partial charge in [-0.25, -0.2) is 0 Å². The third kappa shape index (κ3) is 6.88. The molecule has 0 radical (unpaired) electrons. The number of ether oxygens (including phenoxy) is 1. The summed E-state index contributed by atoms with van der Waals surface area (Å²) in [5, 5.41) is 3.40. The Hall–Kier alpha value is -0.120. The van der Waals surface area contributed by atoms with Gasteiger partial charge in [0.25, 0.3) is 0 Å². The van der Waals surface area contributed by atoms with Crippen LogP contribution < -0.4 is 5.32 Å². The molecule has 0 heterocycles. The smallest absolute Gasteiger partial charge is 0.0587 e. The summed E-state index contributed by atoms with van der Waals surface area (Å²) in [6.45, 7) is 9.58. The maximum absolute atomic E-state index is 4.99. The van der Waals surface area contributed by atoms with Gasteiger partial charge in [0.05, 0.1) is 6.61 Å². The lowest BCUT2D eigenvalue weighted by molar-refractivity contribution is 0.171. The Balaban J connectivity index is 3.63. The molecular formula is C12H28N2O. The highest BCUT2D eigenvalue weighted by molar-refractivity contribution is 4.71. The van der Waals surface area contributed by atoms with Gasteiger partial charge in [0.1, 0.15) is 0 Å². The summed E-state index contributed by atoms with van der Waals surface area (Å²) < 4.78 is 4.99. The third-order valence-electron chi connectivity index (χ3n) is 3.02. The van der Waals surface area contributed by atoms with Crippen LogP contribution in [0.4, 0.5) is 0 Å². The zero-order valence-corrected chi connectivity index (χ0v) is 11.0. The van der Waals surface area contributed by atoms with Gasteiger partial charge in [-0.15, -0.1) is 0 Å². The van der Waals surface area contributed by atoms with E-state index in [1.165, 1.54) is 12.8 Å². The van der Waals surface area contributed by atoms with E-state index in [2.05, 4.69) is 38.0 Å². The second-order valence-corrected chi connectivity index (χ2v) is 4.35. The lowest BCUT2D eigenvalue weighted by atomic mass is 10.1. The van der Waals surface area contributed by atoms with Crippen LogP contribution in [0.1, 0.15) is 33.6 Å². The lowest BCUT2D eigenvalue weighted by Gasteiger charge is -2.30. The minimum atomic E-state index is 0.586. The number of nitrogens with zero attached hydrogens (tertiary/aromatic N) is 1. The quantitative estimate of drug-likeness (QED) is 0.594. The first kappa shape index (κ1) is 14.9. The van der Waals surface area contributed by atoms with Crippen LogP contribution in [-0.2, 0) is 4.74 Å². The molecule has 0 saturated carbocycles. The van der Waals surface area contributed by atoms with Crippen LogP contribution in [-0.4, -0.2) is 50.8 Å². The summed E-state index contributed by atoms with van der Waals surface area (Å²) in [5.74, 6) is 0. The van der Waals surface area contributed by atoms with Crippen molar-refractivity contribution in [1.29, 1.82) is 0 Å². The fourth-order valence-electron chi connectivity index (χ4n) is 1.69. The molecule has 0 fully saturated rings. The molecule has 2 atom stereocenters. The Bertz CT molecular complexity index is 142. The second kappa shape index (κ2) is 9.13. The maximum atomic E-state index is 4.99. The largest absolute Gasteiger partial charge is 0.383 e. The van der Waals surface area contributed by atoms with Crippen molar-refractivity contribution in [2.45, 2.75) is 45.7 Å². The predicted molar refractivity (Wildman–Crippen MR) is 66.3 cm³/mol. The molecule has 1 N–H and O–H groups in total. The Morgan fingerprint density at radius 3 is 2.47 bits per heavy atom. The predicted octanol–water partition coefficient (Wildman–Crippen LogP) is 1.73. The first-order chi connectivity index (χ1) is 7.13. The molecule has 0 amide bonds. The molecule has 0 saturated heterocycles. The number of rotatable bonds is 9. The van der Waals surface area contributed by atoms with E-state index in [9.17, 15) is 0 Å². The number of methoxy groups -OCH3 is 1. The SMILES string of the molecule is CCCC(C)N(C)C(C)CNCCOC. The molecule has 0 bridgehead atoms. The summed E-state index contributed by atoms with van der Waals surface area (Å²) in [6, 6.07) is 1.26. The first-order valence-electron chi connectivity index (χ1n) is 6.05. The average molecular weight is 216 g/mol. The molecule has 0 rings (SSSR count). The minimum Gasteiger partial charge on any atom is -0.383 e. The number of likely N-dealkylation sites (N-methyl/N-ethyl adjacent to an activating group) is 1. The van der Waals surface area contributed by atoms with Gasteiger partial charge in [0.2, 0.25) is 0 Å². The molecule has 92 valence electrons. The van der Waals surface area contributed by atoms with Crippen molar-refractivity contribution in [3.05, 3.63) is 0 Å². The molecule has 0 aromatic heterocycles. The number of hydrogen-bond acceptors (Lipinski definition) is 3. The van der Waals surface area contributed by atoms with Crippen molar-refractivity contribution in [2.24, 2.45) is 0 Å². The fraction of sp³-hybridized carbons (Fsp3) is 1.00. The van der Waals surface area contributed by atoms with Crippen LogP contribution in [0.3, 0.4) is 0 Å². The molecule has 2 unspecified atom stereocenters. The van der Waals surface area contributed by atoms with Gasteiger partial charge in [-0.1, -0.05) is 13.3 Å². The van der Waals surface area contributed by atoms with Crippen molar-refractivity contribution >= 4 is 0 Å². The highest BCUT2D eigenvalue weighted by Crippen LogP contribution is 2.07.